The molecule has 2 rings (SSSR count). The highest BCUT2D eigenvalue weighted by Gasteiger charge is 2.26. The second-order valence-corrected chi connectivity index (χ2v) is 7.69. The van der Waals surface area contributed by atoms with Crippen molar-refractivity contribution in [3.63, 3.8) is 0 Å². The molecule has 0 spiro atoms. The van der Waals surface area contributed by atoms with Crippen molar-refractivity contribution in [3.8, 4) is 0 Å². The molecule has 0 aromatic carbocycles. The maximum atomic E-state index is 11.6. The monoisotopic (exact) mass is 300 g/mol. The van der Waals surface area contributed by atoms with Gasteiger partial charge in [0.2, 0.25) is 10.0 Å². The van der Waals surface area contributed by atoms with Crippen LogP contribution in [0.5, 0.6) is 0 Å². The minimum absolute atomic E-state index is 0.150. The van der Waals surface area contributed by atoms with Gasteiger partial charge in [0.15, 0.2) is 0 Å². The van der Waals surface area contributed by atoms with E-state index < -0.39 is 10.0 Å². The summed E-state index contributed by atoms with van der Waals surface area (Å²) in [5.41, 5.74) is 0. The Morgan fingerprint density at radius 3 is 2.85 bits per heavy atom. The lowest BCUT2D eigenvalue weighted by Gasteiger charge is -2.31. The molecule has 0 amide bonds. The van der Waals surface area contributed by atoms with E-state index in [9.17, 15) is 8.42 Å². The summed E-state index contributed by atoms with van der Waals surface area (Å²) in [6, 6.07) is 4.09. The standard InChI is InChI=1S/C14H24N2O3S/c1-11-6-7-14(19-11)12(2)15-9-13-5-4-8-16(10-13)20(3,17)18/h6-7,12-13,15H,4-5,8-10H2,1-3H3. The number of piperidine rings is 1. The molecule has 1 aliphatic heterocycles. The van der Waals surface area contributed by atoms with Crippen molar-refractivity contribution in [3.05, 3.63) is 23.7 Å². The van der Waals surface area contributed by atoms with Crippen molar-refractivity contribution in [1.29, 1.82) is 0 Å². The average Bonchev–Trinajstić information content (AvgIpc) is 2.82. The SMILES string of the molecule is Cc1ccc(C(C)NCC2CCCN(S(C)(=O)=O)C2)o1. The zero-order chi connectivity index (χ0) is 14.8. The Morgan fingerprint density at radius 2 is 2.25 bits per heavy atom. The van der Waals surface area contributed by atoms with E-state index in [-0.39, 0.29) is 6.04 Å². The van der Waals surface area contributed by atoms with Gasteiger partial charge in [-0.25, -0.2) is 12.7 Å². The first-order valence-electron chi connectivity index (χ1n) is 7.11. The Bertz CT molecular complexity index is 538. The van der Waals surface area contributed by atoms with Gasteiger partial charge in [0.05, 0.1) is 12.3 Å². The fraction of sp³-hybridized carbons (Fsp3) is 0.714. The third kappa shape index (κ3) is 4.07. The number of aryl methyl sites for hydroxylation is 1. The van der Waals surface area contributed by atoms with E-state index in [4.69, 9.17) is 4.42 Å². The van der Waals surface area contributed by atoms with Gasteiger partial charge in [0, 0.05) is 13.1 Å². The summed E-state index contributed by atoms with van der Waals surface area (Å²) in [6.45, 7) is 6.09. The topological polar surface area (TPSA) is 62.6 Å². The summed E-state index contributed by atoms with van der Waals surface area (Å²) in [4.78, 5) is 0. The number of nitrogens with one attached hydrogen (secondary N) is 1. The molecule has 6 heteroatoms. The molecule has 20 heavy (non-hydrogen) atoms. The molecule has 1 aromatic heterocycles. The number of hydrogen-bond acceptors (Lipinski definition) is 4. The van der Waals surface area contributed by atoms with Crippen molar-refractivity contribution >= 4 is 10.0 Å². The lowest BCUT2D eigenvalue weighted by Crippen LogP contribution is -2.42. The zero-order valence-electron chi connectivity index (χ0n) is 12.4. The summed E-state index contributed by atoms with van der Waals surface area (Å²) < 4.78 is 30.3. The summed E-state index contributed by atoms with van der Waals surface area (Å²) in [5, 5.41) is 3.44. The van der Waals surface area contributed by atoms with E-state index in [2.05, 4.69) is 12.2 Å². The van der Waals surface area contributed by atoms with E-state index in [1.807, 2.05) is 19.1 Å². The Labute approximate surface area is 121 Å². The molecule has 1 N–H and O–H groups in total. The average molecular weight is 300 g/mol. The highest BCUT2D eigenvalue weighted by molar-refractivity contribution is 7.88. The Morgan fingerprint density at radius 1 is 1.50 bits per heavy atom. The van der Waals surface area contributed by atoms with Gasteiger partial charge in [-0.1, -0.05) is 0 Å². The fourth-order valence-corrected chi connectivity index (χ4v) is 3.57. The van der Waals surface area contributed by atoms with Gasteiger partial charge in [0.25, 0.3) is 0 Å². The minimum Gasteiger partial charge on any atom is -0.465 e. The molecule has 0 radical (unpaired) electrons. The first-order chi connectivity index (χ1) is 9.36. The predicted octanol–water partition coefficient (Wildman–Crippen LogP) is 1.91. The molecule has 1 aromatic rings. The summed E-state index contributed by atoms with van der Waals surface area (Å²) in [7, 11) is -3.06. The van der Waals surface area contributed by atoms with Crippen LogP contribution in [0.2, 0.25) is 0 Å². The second kappa shape index (κ2) is 6.28. The molecule has 1 saturated heterocycles. The number of furan rings is 1. The third-order valence-electron chi connectivity index (χ3n) is 3.85. The molecule has 2 heterocycles. The van der Waals surface area contributed by atoms with Gasteiger partial charge in [-0.3, -0.25) is 0 Å². The van der Waals surface area contributed by atoms with E-state index in [1.54, 1.807) is 4.31 Å². The second-order valence-electron chi connectivity index (χ2n) is 5.71. The summed E-state index contributed by atoms with van der Waals surface area (Å²) in [5.74, 6) is 2.21. The molecule has 114 valence electrons. The largest absolute Gasteiger partial charge is 0.465 e. The maximum absolute atomic E-state index is 11.6. The summed E-state index contributed by atoms with van der Waals surface area (Å²) >= 11 is 0. The van der Waals surface area contributed by atoms with Crippen molar-refractivity contribution in [2.24, 2.45) is 5.92 Å². The Hall–Kier alpha value is -0.850. The number of hydrogen-bond donors (Lipinski definition) is 1. The molecule has 0 bridgehead atoms. The first-order valence-corrected chi connectivity index (χ1v) is 8.96. The molecular weight excluding hydrogens is 276 g/mol. The Balaban J connectivity index is 1.84. The van der Waals surface area contributed by atoms with Gasteiger partial charge < -0.3 is 9.73 Å². The van der Waals surface area contributed by atoms with Crippen LogP contribution in [0.4, 0.5) is 0 Å². The van der Waals surface area contributed by atoms with Gasteiger partial charge in [-0.15, -0.1) is 0 Å². The fourth-order valence-electron chi connectivity index (χ4n) is 2.62. The van der Waals surface area contributed by atoms with Crippen LogP contribution in [-0.2, 0) is 10.0 Å². The van der Waals surface area contributed by atoms with Crippen LogP contribution in [0.3, 0.4) is 0 Å². The highest BCUT2D eigenvalue weighted by atomic mass is 32.2. The van der Waals surface area contributed by atoms with Crippen LogP contribution in [-0.4, -0.2) is 38.6 Å². The lowest BCUT2D eigenvalue weighted by molar-refractivity contribution is 0.253. The van der Waals surface area contributed by atoms with E-state index in [0.717, 1.165) is 30.9 Å². The summed E-state index contributed by atoms with van der Waals surface area (Å²) in [6.07, 6.45) is 3.30. The van der Waals surface area contributed by atoms with Crippen molar-refractivity contribution in [2.45, 2.75) is 32.7 Å². The van der Waals surface area contributed by atoms with Crippen LogP contribution in [0.15, 0.2) is 16.5 Å². The van der Waals surface area contributed by atoms with Gasteiger partial charge in [-0.05, 0) is 51.3 Å². The van der Waals surface area contributed by atoms with Crippen LogP contribution in [0.25, 0.3) is 0 Å². The molecule has 1 aliphatic rings. The van der Waals surface area contributed by atoms with Gasteiger partial charge in [-0.2, -0.15) is 0 Å². The molecular formula is C14H24N2O3S. The smallest absolute Gasteiger partial charge is 0.211 e. The van der Waals surface area contributed by atoms with E-state index in [1.165, 1.54) is 6.26 Å². The third-order valence-corrected chi connectivity index (χ3v) is 5.12. The molecule has 5 nitrogen and oxygen atoms in total. The van der Waals surface area contributed by atoms with E-state index in [0.29, 0.717) is 19.0 Å². The van der Waals surface area contributed by atoms with E-state index >= 15 is 0 Å². The predicted molar refractivity (Wildman–Crippen MR) is 79.0 cm³/mol. The van der Waals surface area contributed by atoms with Crippen molar-refractivity contribution in [1.82, 2.24) is 9.62 Å². The molecule has 1 fully saturated rings. The van der Waals surface area contributed by atoms with Crippen LogP contribution in [0, 0.1) is 12.8 Å². The zero-order valence-corrected chi connectivity index (χ0v) is 13.2. The first kappa shape index (κ1) is 15.5. The van der Waals surface area contributed by atoms with Gasteiger partial charge >= 0.3 is 0 Å². The highest BCUT2D eigenvalue weighted by Crippen LogP contribution is 2.20. The molecule has 0 saturated carbocycles. The number of sulfonamides is 1. The quantitative estimate of drug-likeness (QED) is 0.902. The number of rotatable bonds is 5. The molecule has 2 unspecified atom stereocenters. The minimum atomic E-state index is -3.06. The lowest BCUT2D eigenvalue weighted by atomic mass is 9.99. The molecule has 0 aliphatic carbocycles. The molecule has 2 atom stereocenters. The van der Waals surface area contributed by atoms with Gasteiger partial charge in [0.1, 0.15) is 11.5 Å². The van der Waals surface area contributed by atoms with Crippen molar-refractivity contribution < 1.29 is 12.8 Å². The maximum Gasteiger partial charge on any atom is 0.211 e. The normalized spacial score (nSPS) is 22.9. The number of nitrogens with zero attached hydrogens (tertiary/aromatic N) is 1. The van der Waals surface area contributed by atoms with Crippen LogP contribution in [0.1, 0.15) is 37.3 Å². The Kier molecular flexibility index (Phi) is 4.88. The van der Waals surface area contributed by atoms with Crippen LogP contribution >= 0.6 is 0 Å². The van der Waals surface area contributed by atoms with Crippen LogP contribution < -0.4 is 5.32 Å². The van der Waals surface area contributed by atoms with Crippen molar-refractivity contribution in [2.75, 3.05) is 25.9 Å².